The fourth-order valence-electron chi connectivity index (χ4n) is 5.32. The Morgan fingerprint density at radius 2 is 1.92 bits per heavy atom. The molecule has 4 rings (SSSR count). The van der Waals surface area contributed by atoms with Gasteiger partial charge in [-0.1, -0.05) is 49.6 Å². The van der Waals surface area contributed by atoms with E-state index in [-0.39, 0.29) is 0 Å². The van der Waals surface area contributed by atoms with E-state index in [1.54, 1.807) is 5.56 Å². The Kier molecular flexibility index (Phi) is 5.21. The molecular formula is C21H32N2O. The molecule has 2 saturated carbocycles. The predicted octanol–water partition coefficient (Wildman–Crippen LogP) is 3.25. The fourth-order valence-corrected chi connectivity index (χ4v) is 5.32. The molecule has 1 aromatic rings. The van der Waals surface area contributed by atoms with E-state index in [9.17, 15) is 0 Å². The van der Waals surface area contributed by atoms with Crippen LogP contribution >= 0.6 is 0 Å². The van der Waals surface area contributed by atoms with Gasteiger partial charge >= 0.3 is 0 Å². The van der Waals surface area contributed by atoms with Crippen LogP contribution in [-0.4, -0.2) is 38.4 Å². The van der Waals surface area contributed by atoms with E-state index in [1.807, 2.05) is 0 Å². The van der Waals surface area contributed by atoms with Crippen LogP contribution in [0.3, 0.4) is 0 Å². The number of hydrogen-bond acceptors (Lipinski definition) is 3. The molecule has 1 aliphatic heterocycles. The number of hydrogen-bond donors (Lipinski definition) is 2. The molecule has 3 unspecified atom stereocenters. The topological polar surface area (TPSA) is 33.3 Å². The van der Waals surface area contributed by atoms with Crippen molar-refractivity contribution in [2.75, 3.05) is 26.3 Å². The average Bonchev–Trinajstić information content (AvgIpc) is 3.32. The summed E-state index contributed by atoms with van der Waals surface area (Å²) in [7, 11) is 0. The van der Waals surface area contributed by atoms with Gasteiger partial charge in [-0.15, -0.1) is 0 Å². The first-order chi connectivity index (χ1) is 11.9. The van der Waals surface area contributed by atoms with Gasteiger partial charge in [-0.3, -0.25) is 0 Å². The second-order valence-corrected chi connectivity index (χ2v) is 8.07. The van der Waals surface area contributed by atoms with Crippen LogP contribution in [0.2, 0.25) is 0 Å². The maximum absolute atomic E-state index is 5.72. The zero-order valence-electron chi connectivity index (χ0n) is 14.8. The highest BCUT2D eigenvalue weighted by molar-refractivity contribution is 5.27. The minimum atomic E-state index is 0.366. The predicted molar refractivity (Wildman–Crippen MR) is 98.3 cm³/mol. The van der Waals surface area contributed by atoms with Gasteiger partial charge in [0.15, 0.2) is 0 Å². The molecule has 1 heterocycles. The van der Waals surface area contributed by atoms with E-state index in [1.165, 1.54) is 44.9 Å². The Morgan fingerprint density at radius 3 is 2.67 bits per heavy atom. The number of rotatable bonds is 5. The van der Waals surface area contributed by atoms with Gasteiger partial charge in [-0.25, -0.2) is 0 Å². The van der Waals surface area contributed by atoms with E-state index >= 15 is 0 Å². The average molecular weight is 329 g/mol. The standard InChI is InChI=1S/C21H32N2O/c1-2-7-17(8-3-1)21(11-4-5-12-21)16-23-19-10-6-9-18(19)20-15-24-14-13-22-20/h1-3,7-8,18-20,22-23H,4-6,9-16H2. The van der Waals surface area contributed by atoms with Gasteiger partial charge in [0, 0.05) is 30.6 Å². The lowest BCUT2D eigenvalue weighted by molar-refractivity contribution is 0.0521. The Morgan fingerprint density at radius 1 is 1.08 bits per heavy atom. The number of benzene rings is 1. The van der Waals surface area contributed by atoms with E-state index in [4.69, 9.17) is 4.74 Å². The molecule has 0 radical (unpaired) electrons. The summed E-state index contributed by atoms with van der Waals surface area (Å²) in [5, 5.41) is 7.71. The van der Waals surface area contributed by atoms with Crippen molar-refractivity contribution in [1.29, 1.82) is 0 Å². The first-order valence-corrected chi connectivity index (χ1v) is 9.97. The summed E-state index contributed by atoms with van der Waals surface area (Å²) in [5.74, 6) is 0.736. The van der Waals surface area contributed by atoms with Crippen molar-refractivity contribution in [2.24, 2.45) is 5.92 Å². The van der Waals surface area contributed by atoms with Crippen molar-refractivity contribution in [2.45, 2.75) is 62.4 Å². The fraction of sp³-hybridized carbons (Fsp3) is 0.714. The van der Waals surface area contributed by atoms with Gasteiger partial charge in [0.05, 0.1) is 13.2 Å². The Balaban J connectivity index is 1.42. The summed E-state index contributed by atoms with van der Waals surface area (Å²) in [6.07, 6.45) is 9.47. The second kappa shape index (κ2) is 7.55. The number of nitrogens with one attached hydrogen (secondary N) is 2. The molecule has 0 aromatic heterocycles. The molecule has 3 heteroatoms. The van der Waals surface area contributed by atoms with Crippen LogP contribution in [0.5, 0.6) is 0 Å². The van der Waals surface area contributed by atoms with Gasteiger partial charge in [0.2, 0.25) is 0 Å². The third-order valence-corrected chi connectivity index (χ3v) is 6.69. The Bertz CT molecular complexity index is 506. The molecule has 1 saturated heterocycles. The minimum absolute atomic E-state index is 0.366. The first-order valence-electron chi connectivity index (χ1n) is 9.97. The maximum atomic E-state index is 5.72. The van der Waals surface area contributed by atoms with Gasteiger partial charge in [0.1, 0.15) is 0 Å². The molecule has 3 fully saturated rings. The van der Waals surface area contributed by atoms with Crippen molar-refractivity contribution >= 4 is 0 Å². The van der Waals surface area contributed by atoms with Crippen LogP contribution in [0.4, 0.5) is 0 Å². The highest BCUT2D eigenvalue weighted by atomic mass is 16.5. The van der Waals surface area contributed by atoms with Gasteiger partial charge < -0.3 is 15.4 Å². The summed E-state index contributed by atoms with van der Waals surface area (Å²) in [6, 6.07) is 12.4. The molecule has 3 nitrogen and oxygen atoms in total. The molecule has 3 aliphatic rings. The summed E-state index contributed by atoms with van der Waals surface area (Å²) in [4.78, 5) is 0. The van der Waals surface area contributed by atoms with Gasteiger partial charge in [0.25, 0.3) is 0 Å². The molecule has 1 aromatic carbocycles. The SMILES string of the molecule is c1ccc(C2(CNC3CCCC3C3COCCN3)CCCC2)cc1. The van der Waals surface area contributed by atoms with Crippen molar-refractivity contribution < 1.29 is 4.74 Å². The van der Waals surface area contributed by atoms with E-state index in [0.717, 1.165) is 32.2 Å². The van der Waals surface area contributed by atoms with Gasteiger partial charge in [-0.2, -0.15) is 0 Å². The Labute approximate surface area is 146 Å². The molecule has 2 N–H and O–H groups in total. The molecule has 0 amide bonds. The first kappa shape index (κ1) is 16.6. The third kappa shape index (κ3) is 3.40. The van der Waals surface area contributed by atoms with E-state index in [0.29, 0.717) is 17.5 Å². The third-order valence-electron chi connectivity index (χ3n) is 6.69. The van der Waals surface area contributed by atoms with Crippen molar-refractivity contribution in [3.8, 4) is 0 Å². The molecule has 0 spiro atoms. The van der Waals surface area contributed by atoms with Crippen LogP contribution in [0.1, 0.15) is 50.5 Å². The van der Waals surface area contributed by atoms with Crippen LogP contribution in [0, 0.1) is 5.92 Å². The summed E-state index contributed by atoms with van der Waals surface area (Å²) >= 11 is 0. The highest BCUT2D eigenvalue weighted by Crippen LogP contribution is 2.41. The minimum Gasteiger partial charge on any atom is -0.379 e. The largest absolute Gasteiger partial charge is 0.379 e. The monoisotopic (exact) mass is 328 g/mol. The number of morpholine rings is 1. The lowest BCUT2D eigenvalue weighted by atomic mass is 9.78. The Hall–Kier alpha value is -0.900. The molecule has 132 valence electrons. The molecule has 3 atom stereocenters. The van der Waals surface area contributed by atoms with E-state index < -0.39 is 0 Å². The van der Waals surface area contributed by atoms with Crippen LogP contribution in [0.15, 0.2) is 30.3 Å². The summed E-state index contributed by atoms with van der Waals surface area (Å²) in [5.41, 5.74) is 1.91. The second-order valence-electron chi connectivity index (χ2n) is 8.07. The summed E-state index contributed by atoms with van der Waals surface area (Å²) in [6.45, 7) is 3.93. The zero-order valence-corrected chi connectivity index (χ0v) is 14.8. The van der Waals surface area contributed by atoms with Crippen LogP contribution in [0.25, 0.3) is 0 Å². The molecule has 0 bridgehead atoms. The summed E-state index contributed by atoms with van der Waals surface area (Å²) < 4.78 is 5.72. The zero-order chi connectivity index (χ0) is 16.2. The van der Waals surface area contributed by atoms with Crippen LogP contribution in [-0.2, 0) is 10.2 Å². The van der Waals surface area contributed by atoms with Crippen molar-refractivity contribution in [1.82, 2.24) is 10.6 Å². The molecular weight excluding hydrogens is 296 g/mol. The molecule has 24 heavy (non-hydrogen) atoms. The maximum Gasteiger partial charge on any atom is 0.0623 e. The highest BCUT2D eigenvalue weighted by Gasteiger charge is 2.39. The number of ether oxygens (including phenoxy) is 1. The van der Waals surface area contributed by atoms with Gasteiger partial charge in [-0.05, 0) is 37.2 Å². The lowest BCUT2D eigenvalue weighted by Gasteiger charge is -2.36. The lowest BCUT2D eigenvalue weighted by Crippen LogP contribution is -2.52. The molecule has 2 aliphatic carbocycles. The normalized spacial score (nSPS) is 32.9. The van der Waals surface area contributed by atoms with Crippen LogP contribution < -0.4 is 10.6 Å². The smallest absolute Gasteiger partial charge is 0.0623 e. The van der Waals surface area contributed by atoms with Crippen molar-refractivity contribution in [3.63, 3.8) is 0 Å². The van der Waals surface area contributed by atoms with E-state index in [2.05, 4.69) is 41.0 Å². The van der Waals surface area contributed by atoms with Crippen molar-refractivity contribution in [3.05, 3.63) is 35.9 Å². The quantitative estimate of drug-likeness (QED) is 0.870.